The summed E-state index contributed by atoms with van der Waals surface area (Å²) in [6, 6.07) is 0. The first kappa shape index (κ1) is 12.9. The van der Waals surface area contributed by atoms with Crippen LogP contribution in [-0.2, 0) is 0 Å². The lowest BCUT2D eigenvalue weighted by molar-refractivity contribution is 0.936. The van der Waals surface area contributed by atoms with Crippen molar-refractivity contribution in [2.24, 2.45) is 4.99 Å². The molecule has 0 atom stereocenters. The predicted molar refractivity (Wildman–Crippen MR) is 50.9 cm³/mol. The minimum Gasteiger partial charge on any atom is -0.294 e. The molecular weight excluding hydrogens is 169 g/mol. The Kier molecular flexibility index (Phi) is 9.48. The smallest absolute Gasteiger partial charge is 0.0392 e. The molecule has 10 heavy (non-hydrogen) atoms. The Morgan fingerprint density at radius 2 is 2.10 bits per heavy atom. The van der Waals surface area contributed by atoms with Gasteiger partial charge in [-0.2, -0.15) is 0 Å². The van der Waals surface area contributed by atoms with E-state index in [2.05, 4.69) is 11.9 Å². The molecule has 1 nitrogen and oxygen atoms in total. The molecule has 0 aromatic carbocycles. The van der Waals surface area contributed by atoms with Gasteiger partial charge in [-0.3, -0.25) is 4.99 Å². The van der Waals surface area contributed by atoms with Crippen molar-refractivity contribution in [1.29, 1.82) is 0 Å². The average Bonchev–Trinajstić information content (AvgIpc) is 2.19. The molecule has 0 radical (unpaired) electrons. The molecule has 0 N–H and O–H groups in total. The zero-order valence-corrected chi connectivity index (χ0v) is 7.93. The summed E-state index contributed by atoms with van der Waals surface area (Å²) in [6.45, 7) is 3.30. The Morgan fingerprint density at radius 3 is 2.50 bits per heavy atom. The van der Waals surface area contributed by atoms with Crippen LogP contribution < -0.4 is 0 Å². The third kappa shape index (κ3) is 4.13. The predicted octanol–water partition coefficient (Wildman–Crippen LogP) is 2.86. The lowest BCUT2D eigenvalue weighted by Gasteiger charge is -1.91. The number of nitrogens with zero attached hydrogens (tertiary/aromatic N) is 1. The Bertz CT molecular complexity index is 102. The maximum atomic E-state index is 4.34. The van der Waals surface area contributed by atoms with Crippen molar-refractivity contribution in [3.8, 4) is 0 Å². The van der Waals surface area contributed by atoms with Crippen LogP contribution in [0.25, 0.3) is 0 Å². The maximum absolute atomic E-state index is 4.34. The first-order valence-corrected chi connectivity index (χ1v) is 3.45. The molecule has 0 amide bonds. The Morgan fingerprint density at radius 1 is 1.40 bits per heavy atom. The lowest BCUT2D eigenvalue weighted by atomic mass is 10.2. The van der Waals surface area contributed by atoms with Gasteiger partial charge in [0.1, 0.15) is 0 Å². The van der Waals surface area contributed by atoms with E-state index >= 15 is 0 Å². The van der Waals surface area contributed by atoms with Crippen LogP contribution in [0.1, 0.15) is 32.6 Å². The van der Waals surface area contributed by atoms with Crippen LogP contribution in [0, 0.1) is 0 Å². The highest BCUT2D eigenvalue weighted by Gasteiger charge is 2.02. The first-order chi connectivity index (χ1) is 3.93. The molecule has 0 unspecified atom stereocenters. The maximum Gasteiger partial charge on any atom is 0.0392 e. The van der Waals surface area contributed by atoms with Crippen LogP contribution in [-0.4, -0.2) is 12.3 Å². The number of halogens is 2. The van der Waals surface area contributed by atoms with Crippen molar-refractivity contribution in [2.75, 3.05) is 6.54 Å². The molecule has 0 bridgehead atoms. The van der Waals surface area contributed by atoms with E-state index in [9.17, 15) is 0 Å². The fourth-order valence-corrected chi connectivity index (χ4v) is 1.09. The Labute approximate surface area is 75.1 Å². The normalized spacial score (nSPS) is 15.1. The highest BCUT2D eigenvalue weighted by Crippen LogP contribution is 2.07. The van der Waals surface area contributed by atoms with Crippen LogP contribution in [0.3, 0.4) is 0 Å². The van der Waals surface area contributed by atoms with E-state index in [1.807, 2.05) is 0 Å². The summed E-state index contributed by atoms with van der Waals surface area (Å²) < 4.78 is 0. The fourth-order valence-electron chi connectivity index (χ4n) is 1.09. The van der Waals surface area contributed by atoms with Gasteiger partial charge in [0.05, 0.1) is 0 Å². The minimum atomic E-state index is 0. The minimum absolute atomic E-state index is 0. The molecule has 0 spiro atoms. The van der Waals surface area contributed by atoms with E-state index < -0.39 is 0 Å². The van der Waals surface area contributed by atoms with Gasteiger partial charge in [0, 0.05) is 12.3 Å². The van der Waals surface area contributed by atoms with Crippen LogP contribution in [0.2, 0.25) is 0 Å². The van der Waals surface area contributed by atoms with Gasteiger partial charge in [-0.25, -0.2) is 0 Å². The number of rotatable bonds is 2. The van der Waals surface area contributed by atoms with Gasteiger partial charge in [-0.1, -0.05) is 13.3 Å². The van der Waals surface area contributed by atoms with Gasteiger partial charge >= 0.3 is 0 Å². The summed E-state index contributed by atoms with van der Waals surface area (Å²) >= 11 is 0. The van der Waals surface area contributed by atoms with E-state index in [0.29, 0.717) is 0 Å². The second-order valence-electron chi connectivity index (χ2n) is 2.30. The molecule has 0 aromatic heterocycles. The SMILES string of the molecule is CCCC1=NCCC1.Cl.Cl. The van der Waals surface area contributed by atoms with Gasteiger partial charge in [-0.05, 0) is 19.3 Å². The molecule has 1 aliphatic heterocycles. The van der Waals surface area contributed by atoms with E-state index in [1.54, 1.807) is 0 Å². The van der Waals surface area contributed by atoms with Gasteiger partial charge in [0.25, 0.3) is 0 Å². The quantitative estimate of drug-likeness (QED) is 0.625. The van der Waals surface area contributed by atoms with Crippen molar-refractivity contribution in [2.45, 2.75) is 32.6 Å². The van der Waals surface area contributed by atoms with E-state index in [1.165, 1.54) is 31.4 Å². The molecule has 1 heterocycles. The Hall–Kier alpha value is 0.250. The fraction of sp³-hybridized carbons (Fsp3) is 0.857. The van der Waals surface area contributed by atoms with Gasteiger partial charge in [-0.15, -0.1) is 24.8 Å². The molecule has 1 rings (SSSR count). The summed E-state index contributed by atoms with van der Waals surface area (Å²) in [4.78, 5) is 4.34. The molecule has 0 aliphatic carbocycles. The number of hydrogen-bond donors (Lipinski definition) is 0. The average molecular weight is 184 g/mol. The third-order valence-electron chi connectivity index (χ3n) is 1.50. The molecular formula is C7H15Cl2N. The highest BCUT2D eigenvalue weighted by atomic mass is 35.5. The monoisotopic (exact) mass is 183 g/mol. The van der Waals surface area contributed by atoms with Gasteiger partial charge in [0.2, 0.25) is 0 Å². The van der Waals surface area contributed by atoms with E-state index in [0.717, 1.165) is 6.54 Å². The van der Waals surface area contributed by atoms with Crippen LogP contribution in [0.4, 0.5) is 0 Å². The van der Waals surface area contributed by atoms with Gasteiger partial charge in [0.15, 0.2) is 0 Å². The highest BCUT2D eigenvalue weighted by molar-refractivity contribution is 5.86. The molecule has 0 saturated heterocycles. The Balaban J connectivity index is 0. The molecule has 1 aliphatic rings. The molecule has 0 saturated carbocycles. The van der Waals surface area contributed by atoms with E-state index in [4.69, 9.17) is 0 Å². The van der Waals surface area contributed by atoms with Crippen LogP contribution in [0.15, 0.2) is 4.99 Å². The van der Waals surface area contributed by atoms with Crippen molar-refractivity contribution < 1.29 is 0 Å². The van der Waals surface area contributed by atoms with Crippen LogP contribution >= 0.6 is 24.8 Å². The lowest BCUT2D eigenvalue weighted by Crippen LogP contribution is -1.89. The molecule has 3 heteroatoms. The molecule has 62 valence electrons. The number of aliphatic imine (C=N–C) groups is 1. The molecule has 0 fully saturated rings. The van der Waals surface area contributed by atoms with Gasteiger partial charge < -0.3 is 0 Å². The second-order valence-corrected chi connectivity index (χ2v) is 2.30. The van der Waals surface area contributed by atoms with Crippen LogP contribution in [0.5, 0.6) is 0 Å². The second kappa shape index (κ2) is 7.36. The van der Waals surface area contributed by atoms with E-state index in [-0.39, 0.29) is 24.8 Å². The van der Waals surface area contributed by atoms with Crippen molar-refractivity contribution in [3.63, 3.8) is 0 Å². The zero-order chi connectivity index (χ0) is 5.82. The number of hydrogen-bond acceptors (Lipinski definition) is 1. The summed E-state index contributed by atoms with van der Waals surface area (Å²) in [6.07, 6.45) is 5.07. The topological polar surface area (TPSA) is 12.4 Å². The summed E-state index contributed by atoms with van der Waals surface area (Å²) in [5.41, 5.74) is 1.45. The van der Waals surface area contributed by atoms with Crippen molar-refractivity contribution >= 4 is 30.5 Å². The van der Waals surface area contributed by atoms with Crippen molar-refractivity contribution in [3.05, 3.63) is 0 Å². The third-order valence-corrected chi connectivity index (χ3v) is 1.50. The van der Waals surface area contributed by atoms with Crippen molar-refractivity contribution in [1.82, 2.24) is 0 Å². The summed E-state index contributed by atoms with van der Waals surface area (Å²) in [7, 11) is 0. The summed E-state index contributed by atoms with van der Waals surface area (Å²) in [5.74, 6) is 0. The zero-order valence-electron chi connectivity index (χ0n) is 6.30. The first-order valence-electron chi connectivity index (χ1n) is 3.45. The summed E-state index contributed by atoms with van der Waals surface area (Å²) in [5, 5.41) is 0. The molecule has 0 aromatic rings. The standard InChI is InChI=1S/C7H13N.2ClH/c1-2-4-7-5-3-6-8-7;;/h2-6H2,1H3;2*1H. The largest absolute Gasteiger partial charge is 0.294 e.